The van der Waals surface area contributed by atoms with Crippen LogP contribution in [-0.4, -0.2) is 24.9 Å². The lowest BCUT2D eigenvalue weighted by Crippen LogP contribution is -2.01. The molecule has 0 spiro atoms. The van der Waals surface area contributed by atoms with Gasteiger partial charge in [0.2, 0.25) is 11.7 Å². The molecule has 3 heterocycles. The zero-order valence-corrected chi connectivity index (χ0v) is 16.0. The van der Waals surface area contributed by atoms with Gasteiger partial charge in [-0.05, 0) is 30.0 Å². The Morgan fingerprint density at radius 1 is 1.19 bits per heavy atom. The van der Waals surface area contributed by atoms with Crippen LogP contribution in [0, 0.1) is 0 Å². The van der Waals surface area contributed by atoms with Gasteiger partial charge < -0.3 is 9.09 Å². The second kappa shape index (κ2) is 8.03. The summed E-state index contributed by atoms with van der Waals surface area (Å²) in [7, 11) is 0. The Morgan fingerprint density at radius 3 is 2.96 bits per heavy atom. The zero-order valence-electron chi connectivity index (χ0n) is 13.6. The molecular formula is C17H14ClN5OS2. The van der Waals surface area contributed by atoms with Crippen LogP contribution in [0.15, 0.2) is 57.8 Å². The van der Waals surface area contributed by atoms with Crippen molar-refractivity contribution in [1.82, 2.24) is 24.9 Å². The molecule has 0 aliphatic carbocycles. The molecule has 0 aliphatic rings. The van der Waals surface area contributed by atoms with Crippen LogP contribution >= 0.6 is 34.7 Å². The Hall–Kier alpha value is -2.16. The van der Waals surface area contributed by atoms with Gasteiger partial charge in [-0.2, -0.15) is 4.98 Å². The van der Waals surface area contributed by atoms with Gasteiger partial charge in [0, 0.05) is 17.0 Å². The van der Waals surface area contributed by atoms with E-state index in [1.807, 2.05) is 22.8 Å². The van der Waals surface area contributed by atoms with Gasteiger partial charge in [0.1, 0.15) is 6.33 Å². The van der Waals surface area contributed by atoms with Crippen molar-refractivity contribution in [3.8, 4) is 11.4 Å². The summed E-state index contributed by atoms with van der Waals surface area (Å²) >= 11 is 9.45. The van der Waals surface area contributed by atoms with Crippen molar-refractivity contribution in [1.29, 1.82) is 0 Å². The number of thiophene rings is 1. The van der Waals surface area contributed by atoms with E-state index in [0.717, 1.165) is 23.7 Å². The smallest absolute Gasteiger partial charge is 0.237 e. The monoisotopic (exact) mass is 403 g/mol. The van der Waals surface area contributed by atoms with Crippen molar-refractivity contribution >= 4 is 34.7 Å². The molecule has 0 saturated carbocycles. The van der Waals surface area contributed by atoms with Gasteiger partial charge in [0.15, 0.2) is 5.16 Å². The van der Waals surface area contributed by atoms with Crippen molar-refractivity contribution in [2.24, 2.45) is 0 Å². The van der Waals surface area contributed by atoms with Crippen molar-refractivity contribution in [3.63, 3.8) is 0 Å². The molecule has 0 unspecified atom stereocenters. The third-order valence-electron chi connectivity index (χ3n) is 3.67. The summed E-state index contributed by atoms with van der Waals surface area (Å²) in [5, 5.41) is 15.7. The minimum atomic E-state index is 0.491. The second-order valence-electron chi connectivity index (χ2n) is 5.42. The number of aromatic nitrogens is 5. The first-order valence-corrected chi connectivity index (χ1v) is 10.1. The first-order valence-electron chi connectivity index (χ1n) is 7.90. The quantitative estimate of drug-likeness (QED) is 0.421. The van der Waals surface area contributed by atoms with Crippen molar-refractivity contribution in [3.05, 3.63) is 63.9 Å². The van der Waals surface area contributed by atoms with E-state index in [0.29, 0.717) is 22.5 Å². The number of nitrogens with zero attached hydrogens (tertiary/aromatic N) is 5. The molecule has 9 heteroatoms. The van der Waals surface area contributed by atoms with Crippen molar-refractivity contribution < 1.29 is 4.52 Å². The summed E-state index contributed by atoms with van der Waals surface area (Å²) in [5.41, 5.74) is 0.758. The maximum absolute atomic E-state index is 6.18. The largest absolute Gasteiger partial charge is 0.338 e. The summed E-state index contributed by atoms with van der Waals surface area (Å²) in [5.74, 6) is 1.54. The fourth-order valence-electron chi connectivity index (χ4n) is 2.39. The number of aryl methyl sites for hydroxylation is 2. The number of rotatable bonds is 7. The van der Waals surface area contributed by atoms with Crippen LogP contribution in [-0.2, 0) is 18.7 Å². The second-order valence-corrected chi connectivity index (χ2v) is 7.80. The minimum absolute atomic E-state index is 0.491. The lowest BCUT2D eigenvalue weighted by molar-refractivity contribution is 0.391. The molecule has 4 aromatic rings. The van der Waals surface area contributed by atoms with Gasteiger partial charge in [-0.15, -0.1) is 21.5 Å². The highest BCUT2D eigenvalue weighted by molar-refractivity contribution is 7.98. The van der Waals surface area contributed by atoms with Gasteiger partial charge in [-0.3, -0.25) is 0 Å². The summed E-state index contributed by atoms with van der Waals surface area (Å²) < 4.78 is 7.37. The molecule has 0 bridgehead atoms. The van der Waals surface area contributed by atoms with E-state index in [2.05, 4.69) is 37.9 Å². The first-order chi connectivity index (χ1) is 12.8. The topological polar surface area (TPSA) is 69.6 Å². The van der Waals surface area contributed by atoms with Gasteiger partial charge in [0.05, 0.1) is 10.8 Å². The molecule has 4 rings (SSSR count). The molecule has 0 fully saturated rings. The number of thioether (sulfide) groups is 1. The van der Waals surface area contributed by atoms with E-state index in [1.165, 1.54) is 16.6 Å². The molecule has 0 radical (unpaired) electrons. The number of benzene rings is 1. The van der Waals surface area contributed by atoms with Crippen molar-refractivity contribution in [2.75, 3.05) is 0 Å². The third kappa shape index (κ3) is 3.98. The highest BCUT2D eigenvalue weighted by Crippen LogP contribution is 2.26. The third-order valence-corrected chi connectivity index (χ3v) is 5.90. The Kier molecular flexibility index (Phi) is 5.33. The SMILES string of the molecule is Clc1ccccc1-c1noc(CSc2nncn2CCc2cccs2)n1. The summed E-state index contributed by atoms with van der Waals surface area (Å²) in [6.07, 6.45) is 2.71. The average molecular weight is 404 g/mol. The molecule has 0 atom stereocenters. The minimum Gasteiger partial charge on any atom is -0.338 e. The van der Waals surface area contributed by atoms with E-state index < -0.39 is 0 Å². The van der Waals surface area contributed by atoms with E-state index in [-0.39, 0.29) is 0 Å². The highest BCUT2D eigenvalue weighted by Gasteiger charge is 2.13. The van der Waals surface area contributed by atoms with E-state index in [4.69, 9.17) is 16.1 Å². The summed E-state index contributed by atoms with van der Waals surface area (Å²) in [6, 6.07) is 11.6. The fraction of sp³-hybridized carbons (Fsp3) is 0.176. The van der Waals surface area contributed by atoms with Crippen LogP contribution in [0.3, 0.4) is 0 Å². The standard InChI is InChI=1S/C17H14ClN5OS2/c18-14-6-2-1-5-13(14)16-20-15(24-22-16)10-26-17-21-19-11-23(17)8-7-12-4-3-9-25-12/h1-6,9,11H,7-8,10H2. The Morgan fingerprint density at radius 2 is 2.12 bits per heavy atom. The lowest BCUT2D eigenvalue weighted by Gasteiger charge is -2.03. The fourth-order valence-corrected chi connectivity index (χ4v) is 4.08. The van der Waals surface area contributed by atoms with Crippen LogP contribution in [0.25, 0.3) is 11.4 Å². The van der Waals surface area contributed by atoms with E-state index in [9.17, 15) is 0 Å². The van der Waals surface area contributed by atoms with Crippen LogP contribution < -0.4 is 0 Å². The molecule has 0 saturated heterocycles. The van der Waals surface area contributed by atoms with Gasteiger partial charge in [-0.1, -0.05) is 46.7 Å². The zero-order chi connectivity index (χ0) is 17.8. The molecule has 6 nitrogen and oxygen atoms in total. The number of hydrogen-bond acceptors (Lipinski definition) is 7. The van der Waals surface area contributed by atoms with Gasteiger partial charge in [0.25, 0.3) is 0 Å². The molecule has 132 valence electrons. The molecule has 0 amide bonds. The van der Waals surface area contributed by atoms with Crippen LogP contribution in [0.2, 0.25) is 5.02 Å². The Bertz CT molecular complexity index is 983. The first kappa shape index (κ1) is 17.3. The summed E-state index contributed by atoms with van der Waals surface area (Å²) in [6.45, 7) is 0.838. The Labute approximate surface area is 163 Å². The molecular weight excluding hydrogens is 390 g/mol. The van der Waals surface area contributed by atoms with Gasteiger partial charge in [-0.25, -0.2) is 0 Å². The Balaban J connectivity index is 1.39. The normalized spacial score (nSPS) is 11.1. The predicted octanol–water partition coefficient (Wildman–Crippen LogP) is 4.58. The van der Waals surface area contributed by atoms with Crippen LogP contribution in [0.5, 0.6) is 0 Å². The molecule has 0 N–H and O–H groups in total. The van der Waals surface area contributed by atoms with E-state index in [1.54, 1.807) is 23.7 Å². The number of hydrogen-bond donors (Lipinski definition) is 0. The summed E-state index contributed by atoms with van der Waals surface area (Å²) in [4.78, 5) is 5.76. The number of halogens is 1. The maximum atomic E-state index is 6.18. The highest BCUT2D eigenvalue weighted by atomic mass is 35.5. The van der Waals surface area contributed by atoms with Crippen LogP contribution in [0.4, 0.5) is 0 Å². The molecule has 3 aromatic heterocycles. The molecule has 0 aliphatic heterocycles. The predicted molar refractivity (Wildman–Crippen MR) is 102 cm³/mol. The molecule has 1 aromatic carbocycles. The van der Waals surface area contributed by atoms with E-state index >= 15 is 0 Å². The maximum Gasteiger partial charge on any atom is 0.237 e. The van der Waals surface area contributed by atoms with Gasteiger partial charge >= 0.3 is 0 Å². The van der Waals surface area contributed by atoms with Crippen LogP contribution in [0.1, 0.15) is 10.8 Å². The van der Waals surface area contributed by atoms with Crippen molar-refractivity contribution in [2.45, 2.75) is 23.9 Å². The average Bonchev–Trinajstić information content (AvgIpc) is 3.40. The molecule has 26 heavy (non-hydrogen) atoms. The lowest BCUT2D eigenvalue weighted by atomic mass is 10.2.